The standard InChI is InChI=1S/C18H21F2N5O2/c19-11-1-2-14(20)13(3-11)18-15(21)4-12(9-27-18)24-5-10-6-25(8-17(22)26)23-16(10)7-24/h1-3,6,12,15,18H,4-5,7-9,21H2,(H2,22,26)/t12-,15+,18?/m1/s1. The fraction of sp³-hybridized carbons (Fsp3) is 0.444. The second kappa shape index (κ2) is 6.99. The average Bonchev–Trinajstić information content (AvgIpc) is 3.15. The molecule has 2 aliphatic rings. The molecule has 7 nitrogen and oxygen atoms in total. The molecule has 1 aromatic carbocycles. The van der Waals surface area contributed by atoms with Crippen LogP contribution >= 0.6 is 0 Å². The zero-order chi connectivity index (χ0) is 19.1. The van der Waals surface area contributed by atoms with Gasteiger partial charge in [-0.1, -0.05) is 0 Å². The minimum Gasteiger partial charge on any atom is -0.370 e. The van der Waals surface area contributed by atoms with Crippen LogP contribution in [0.2, 0.25) is 0 Å². The number of fused-ring (bicyclic) bond motifs is 1. The maximum atomic E-state index is 14.0. The van der Waals surface area contributed by atoms with E-state index in [9.17, 15) is 13.6 Å². The summed E-state index contributed by atoms with van der Waals surface area (Å²) in [6.45, 7) is 1.74. The minimum absolute atomic E-state index is 0.0608. The zero-order valence-electron chi connectivity index (χ0n) is 14.6. The van der Waals surface area contributed by atoms with E-state index in [1.54, 1.807) is 4.68 Å². The number of hydrogen-bond acceptors (Lipinski definition) is 5. The third-order valence-electron chi connectivity index (χ3n) is 5.15. The van der Waals surface area contributed by atoms with Gasteiger partial charge < -0.3 is 16.2 Å². The van der Waals surface area contributed by atoms with E-state index in [1.807, 2.05) is 6.20 Å². The van der Waals surface area contributed by atoms with Gasteiger partial charge in [-0.25, -0.2) is 8.78 Å². The number of carbonyl (C=O) groups is 1. The fourth-order valence-corrected chi connectivity index (χ4v) is 3.89. The van der Waals surface area contributed by atoms with Gasteiger partial charge in [0.2, 0.25) is 5.91 Å². The van der Waals surface area contributed by atoms with E-state index in [0.29, 0.717) is 26.1 Å². The molecule has 1 aromatic heterocycles. The van der Waals surface area contributed by atoms with Crippen LogP contribution in [0.5, 0.6) is 0 Å². The molecule has 144 valence electrons. The number of halogens is 2. The van der Waals surface area contributed by atoms with Gasteiger partial charge in [0.15, 0.2) is 0 Å². The van der Waals surface area contributed by atoms with Gasteiger partial charge in [0.1, 0.15) is 24.3 Å². The summed E-state index contributed by atoms with van der Waals surface area (Å²) in [5, 5.41) is 4.39. The summed E-state index contributed by atoms with van der Waals surface area (Å²) in [4.78, 5) is 13.2. The summed E-state index contributed by atoms with van der Waals surface area (Å²) >= 11 is 0. The van der Waals surface area contributed by atoms with Crippen LogP contribution in [0.15, 0.2) is 24.4 Å². The van der Waals surface area contributed by atoms with E-state index >= 15 is 0 Å². The lowest BCUT2D eigenvalue weighted by molar-refractivity contribution is -0.118. The Bertz CT molecular complexity index is 848. The summed E-state index contributed by atoms with van der Waals surface area (Å²) in [5.74, 6) is -1.46. The molecule has 0 radical (unpaired) electrons. The minimum atomic E-state index is -0.665. The molecule has 3 atom stereocenters. The van der Waals surface area contributed by atoms with Crippen molar-refractivity contribution in [1.82, 2.24) is 14.7 Å². The number of nitrogens with zero attached hydrogens (tertiary/aromatic N) is 3. The number of ether oxygens (including phenoxy) is 1. The topological polar surface area (TPSA) is 99.4 Å². The molecule has 9 heteroatoms. The molecule has 0 aliphatic carbocycles. The molecule has 0 spiro atoms. The van der Waals surface area contributed by atoms with Crippen molar-refractivity contribution >= 4 is 5.91 Å². The first kappa shape index (κ1) is 18.0. The molecule has 2 aliphatic heterocycles. The van der Waals surface area contributed by atoms with Crippen molar-refractivity contribution in [2.75, 3.05) is 6.61 Å². The van der Waals surface area contributed by atoms with Crippen molar-refractivity contribution in [2.45, 2.75) is 44.2 Å². The van der Waals surface area contributed by atoms with E-state index in [-0.39, 0.29) is 18.2 Å². The highest BCUT2D eigenvalue weighted by atomic mass is 19.1. The first-order chi connectivity index (χ1) is 12.9. The number of rotatable bonds is 4. The molecule has 4 N–H and O–H groups in total. The highest BCUT2D eigenvalue weighted by molar-refractivity contribution is 5.73. The fourth-order valence-electron chi connectivity index (χ4n) is 3.89. The predicted molar refractivity (Wildman–Crippen MR) is 92.1 cm³/mol. The Morgan fingerprint density at radius 3 is 2.85 bits per heavy atom. The Balaban J connectivity index is 1.41. The molecular weight excluding hydrogens is 356 g/mol. The number of carbonyl (C=O) groups excluding carboxylic acids is 1. The predicted octanol–water partition coefficient (Wildman–Crippen LogP) is 0.820. The zero-order valence-corrected chi connectivity index (χ0v) is 14.6. The largest absolute Gasteiger partial charge is 0.370 e. The molecular formula is C18H21F2N5O2. The third kappa shape index (κ3) is 3.58. The molecule has 1 fully saturated rings. The first-order valence-corrected chi connectivity index (χ1v) is 8.80. The van der Waals surface area contributed by atoms with E-state index in [0.717, 1.165) is 29.5 Å². The van der Waals surface area contributed by atoms with Crippen LogP contribution in [0, 0.1) is 11.6 Å². The van der Waals surface area contributed by atoms with E-state index < -0.39 is 29.7 Å². The lowest BCUT2D eigenvalue weighted by Gasteiger charge is -2.38. The quantitative estimate of drug-likeness (QED) is 0.822. The summed E-state index contributed by atoms with van der Waals surface area (Å²) < 4.78 is 34.9. The van der Waals surface area contributed by atoms with Crippen molar-refractivity contribution < 1.29 is 18.3 Å². The molecule has 0 bridgehead atoms. The molecule has 1 amide bonds. The highest BCUT2D eigenvalue weighted by Gasteiger charge is 2.37. The number of aromatic nitrogens is 2. The molecule has 4 rings (SSSR count). The van der Waals surface area contributed by atoms with Crippen molar-refractivity contribution in [3.63, 3.8) is 0 Å². The number of nitrogens with two attached hydrogens (primary N) is 2. The monoisotopic (exact) mass is 377 g/mol. The Morgan fingerprint density at radius 2 is 2.15 bits per heavy atom. The normalized spacial score (nSPS) is 25.5. The van der Waals surface area contributed by atoms with Gasteiger partial charge in [-0.05, 0) is 24.6 Å². The average molecular weight is 377 g/mol. The second-order valence-electron chi connectivity index (χ2n) is 7.14. The van der Waals surface area contributed by atoms with Gasteiger partial charge in [0, 0.05) is 42.5 Å². The lowest BCUT2D eigenvalue weighted by Crippen LogP contribution is -2.47. The summed E-state index contributed by atoms with van der Waals surface area (Å²) in [6, 6.07) is 2.94. The van der Waals surface area contributed by atoms with Crippen LogP contribution in [-0.4, -0.2) is 39.3 Å². The van der Waals surface area contributed by atoms with Gasteiger partial charge in [0.05, 0.1) is 12.3 Å². The van der Waals surface area contributed by atoms with Crippen LogP contribution in [0.3, 0.4) is 0 Å². The van der Waals surface area contributed by atoms with Crippen LogP contribution < -0.4 is 11.5 Å². The molecule has 3 heterocycles. The number of primary amides is 1. The lowest BCUT2D eigenvalue weighted by atomic mass is 9.93. The summed E-state index contributed by atoms with van der Waals surface area (Å²) in [7, 11) is 0. The summed E-state index contributed by atoms with van der Waals surface area (Å²) in [5.41, 5.74) is 13.5. The maximum absolute atomic E-state index is 14.0. The number of hydrogen-bond donors (Lipinski definition) is 2. The number of amides is 1. The van der Waals surface area contributed by atoms with Gasteiger partial charge in [-0.3, -0.25) is 14.4 Å². The Labute approximate surface area is 154 Å². The SMILES string of the molecule is NC(=O)Cn1cc2c(n1)CN([C@H]1COC(c3cc(F)ccc3F)[C@@H](N)C1)C2. The summed E-state index contributed by atoms with van der Waals surface area (Å²) in [6.07, 6.45) is 1.77. The molecule has 1 saturated heterocycles. The maximum Gasteiger partial charge on any atom is 0.239 e. The van der Waals surface area contributed by atoms with Crippen molar-refractivity contribution in [3.8, 4) is 0 Å². The number of benzene rings is 1. The van der Waals surface area contributed by atoms with Gasteiger partial charge in [-0.2, -0.15) is 5.10 Å². The molecule has 0 saturated carbocycles. The van der Waals surface area contributed by atoms with E-state index in [4.69, 9.17) is 16.2 Å². The van der Waals surface area contributed by atoms with Gasteiger partial charge in [0.25, 0.3) is 0 Å². The van der Waals surface area contributed by atoms with Crippen LogP contribution in [0.25, 0.3) is 0 Å². The van der Waals surface area contributed by atoms with E-state index in [2.05, 4.69) is 10.00 Å². The van der Waals surface area contributed by atoms with Crippen LogP contribution in [-0.2, 0) is 29.2 Å². The highest BCUT2D eigenvalue weighted by Crippen LogP contribution is 2.33. The van der Waals surface area contributed by atoms with E-state index in [1.165, 1.54) is 0 Å². The Hall–Kier alpha value is -2.36. The Morgan fingerprint density at radius 1 is 1.33 bits per heavy atom. The molecule has 1 unspecified atom stereocenters. The van der Waals surface area contributed by atoms with Crippen molar-refractivity contribution in [1.29, 1.82) is 0 Å². The van der Waals surface area contributed by atoms with Crippen molar-refractivity contribution in [2.24, 2.45) is 11.5 Å². The smallest absolute Gasteiger partial charge is 0.239 e. The van der Waals surface area contributed by atoms with Gasteiger partial charge in [-0.15, -0.1) is 0 Å². The van der Waals surface area contributed by atoms with Crippen molar-refractivity contribution in [3.05, 3.63) is 52.9 Å². The molecule has 27 heavy (non-hydrogen) atoms. The first-order valence-electron chi connectivity index (χ1n) is 8.80. The second-order valence-corrected chi connectivity index (χ2v) is 7.14. The third-order valence-corrected chi connectivity index (χ3v) is 5.15. The van der Waals surface area contributed by atoms with Crippen LogP contribution in [0.1, 0.15) is 29.3 Å². The molecule has 2 aromatic rings. The Kier molecular flexibility index (Phi) is 4.67. The van der Waals surface area contributed by atoms with Crippen LogP contribution in [0.4, 0.5) is 8.78 Å². The van der Waals surface area contributed by atoms with Gasteiger partial charge >= 0.3 is 0 Å².